The summed E-state index contributed by atoms with van der Waals surface area (Å²) < 4.78 is 19.6. The first-order valence-corrected chi connectivity index (χ1v) is 9.02. The van der Waals surface area contributed by atoms with E-state index in [1.54, 1.807) is 18.3 Å². The molecule has 4 nitrogen and oxygen atoms in total. The minimum Gasteiger partial charge on any atom is -0.477 e. The smallest absolute Gasteiger partial charge is 0.263 e. The highest BCUT2D eigenvalue weighted by atomic mass is 35.5. The molecule has 0 fully saturated rings. The number of aromatic nitrogens is 1. The zero-order chi connectivity index (χ0) is 17.8. The highest BCUT2D eigenvalue weighted by molar-refractivity contribution is 7.21. The van der Waals surface area contributed by atoms with Crippen molar-refractivity contribution >= 4 is 38.9 Å². The molecular formula is C18H16ClFN2O2S. The zero-order valence-electron chi connectivity index (χ0n) is 13.5. The molecule has 2 aromatic heterocycles. The number of amides is 1. The van der Waals surface area contributed by atoms with Gasteiger partial charge in [0.15, 0.2) is 0 Å². The van der Waals surface area contributed by atoms with Gasteiger partial charge in [0.2, 0.25) is 5.88 Å². The van der Waals surface area contributed by atoms with Crippen LogP contribution in [-0.4, -0.2) is 17.5 Å². The summed E-state index contributed by atoms with van der Waals surface area (Å²) in [5, 5.41) is 3.83. The molecular weight excluding hydrogens is 363 g/mol. The quantitative estimate of drug-likeness (QED) is 0.669. The van der Waals surface area contributed by atoms with E-state index in [0.29, 0.717) is 32.5 Å². The van der Waals surface area contributed by atoms with E-state index in [4.69, 9.17) is 16.3 Å². The number of halogens is 2. The molecule has 0 radical (unpaired) electrons. The highest BCUT2D eigenvalue weighted by Gasteiger charge is 2.18. The van der Waals surface area contributed by atoms with E-state index >= 15 is 0 Å². The predicted octanol–water partition coefficient (Wildman–Crippen LogP) is 4.81. The van der Waals surface area contributed by atoms with E-state index < -0.39 is 0 Å². The Bertz CT molecular complexity index is 913. The van der Waals surface area contributed by atoms with E-state index in [9.17, 15) is 9.18 Å². The number of benzene rings is 1. The highest BCUT2D eigenvalue weighted by Crippen LogP contribution is 2.35. The van der Waals surface area contributed by atoms with Gasteiger partial charge >= 0.3 is 0 Å². The topological polar surface area (TPSA) is 51.2 Å². The van der Waals surface area contributed by atoms with Crippen molar-refractivity contribution in [2.45, 2.75) is 19.9 Å². The number of hydrogen-bond donors (Lipinski definition) is 1. The van der Waals surface area contributed by atoms with Crippen molar-refractivity contribution in [3.8, 4) is 5.88 Å². The lowest BCUT2D eigenvalue weighted by Crippen LogP contribution is -2.22. The van der Waals surface area contributed by atoms with Crippen LogP contribution in [0.3, 0.4) is 0 Å². The maximum Gasteiger partial charge on any atom is 0.263 e. The van der Waals surface area contributed by atoms with E-state index in [1.807, 2.05) is 13.0 Å². The van der Waals surface area contributed by atoms with Crippen LogP contribution in [0.1, 0.15) is 28.6 Å². The summed E-state index contributed by atoms with van der Waals surface area (Å²) in [4.78, 5) is 17.0. The summed E-state index contributed by atoms with van der Waals surface area (Å²) in [5.41, 5.74) is 0.785. The zero-order valence-corrected chi connectivity index (χ0v) is 15.1. The first-order chi connectivity index (χ1) is 12.1. The van der Waals surface area contributed by atoms with Crippen molar-refractivity contribution in [3.63, 3.8) is 0 Å². The largest absolute Gasteiger partial charge is 0.477 e. The van der Waals surface area contributed by atoms with Gasteiger partial charge < -0.3 is 10.1 Å². The number of nitrogens with one attached hydrogen (secondary N) is 1. The third-order valence-electron chi connectivity index (χ3n) is 3.53. The van der Waals surface area contributed by atoms with Gasteiger partial charge in [0.25, 0.3) is 5.91 Å². The van der Waals surface area contributed by atoms with Gasteiger partial charge in [-0.2, -0.15) is 0 Å². The Hall–Kier alpha value is -2.18. The number of carbonyl (C=O) groups is 1. The Morgan fingerprint density at radius 1 is 1.40 bits per heavy atom. The summed E-state index contributed by atoms with van der Waals surface area (Å²) in [5.74, 6) is -0.156. The maximum absolute atomic E-state index is 13.3. The van der Waals surface area contributed by atoms with Crippen LogP contribution >= 0.6 is 22.9 Å². The molecule has 0 aliphatic carbocycles. The van der Waals surface area contributed by atoms with Crippen molar-refractivity contribution < 1.29 is 13.9 Å². The lowest BCUT2D eigenvalue weighted by atomic mass is 10.2. The number of nitrogens with zero attached hydrogens (tertiary/aromatic N) is 1. The number of pyridine rings is 1. The molecule has 0 bridgehead atoms. The molecule has 2 heterocycles. The minimum atomic E-state index is -0.356. The van der Waals surface area contributed by atoms with Crippen LogP contribution in [0.5, 0.6) is 5.88 Å². The van der Waals surface area contributed by atoms with Crippen molar-refractivity contribution in [1.82, 2.24) is 10.3 Å². The van der Waals surface area contributed by atoms with Crippen molar-refractivity contribution in [3.05, 3.63) is 57.8 Å². The molecule has 3 aromatic rings. The van der Waals surface area contributed by atoms with Crippen molar-refractivity contribution in [1.29, 1.82) is 0 Å². The average molecular weight is 379 g/mol. The van der Waals surface area contributed by atoms with Gasteiger partial charge in [0.05, 0.1) is 11.6 Å². The SMILES string of the molecule is CCCOc1ncccc1CNC(=O)c1sc2cc(F)ccc2c1Cl. The van der Waals surface area contributed by atoms with Crippen LogP contribution in [0.25, 0.3) is 10.1 Å². The Morgan fingerprint density at radius 2 is 2.24 bits per heavy atom. The molecule has 1 N–H and O–H groups in total. The molecule has 1 aromatic carbocycles. The van der Waals surface area contributed by atoms with Crippen molar-refractivity contribution in [2.24, 2.45) is 0 Å². The third-order valence-corrected chi connectivity index (χ3v) is 5.19. The summed E-state index contributed by atoms with van der Waals surface area (Å²) in [7, 11) is 0. The molecule has 0 saturated heterocycles. The van der Waals surface area contributed by atoms with E-state index in [1.165, 1.54) is 23.5 Å². The van der Waals surface area contributed by atoms with Crippen LogP contribution in [0.2, 0.25) is 5.02 Å². The second-order valence-corrected chi connectivity index (χ2v) is 6.81. The van der Waals surface area contributed by atoms with Gasteiger partial charge in [-0.3, -0.25) is 4.79 Å². The second kappa shape index (κ2) is 7.80. The molecule has 0 unspecified atom stereocenters. The molecule has 130 valence electrons. The first-order valence-electron chi connectivity index (χ1n) is 7.82. The number of carbonyl (C=O) groups excluding carboxylic acids is 1. The number of fused-ring (bicyclic) bond motifs is 1. The molecule has 0 spiro atoms. The maximum atomic E-state index is 13.3. The second-order valence-electron chi connectivity index (χ2n) is 5.38. The predicted molar refractivity (Wildman–Crippen MR) is 98.0 cm³/mol. The molecule has 3 rings (SSSR count). The average Bonchev–Trinajstić information content (AvgIpc) is 2.94. The van der Waals surface area contributed by atoms with Crippen LogP contribution in [0.4, 0.5) is 4.39 Å². The standard InChI is InChI=1S/C18H16ClFN2O2S/c1-2-8-24-18-11(4-3-7-21-18)10-22-17(23)16-15(19)13-6-5-12(20)9-14(13)25-16/h3-7,9H,2,8,10H2,1H3,(H,22,23). The van der Waals surface area contributed by atoms with Crippen LogP contribution in [-0.2, 0) is 6.54 Å². The van der Waals surface area contributed by atoms with Crippen LogP contribution in [0, 0.1) is 5.82 Å². The van der Waals surface area contributed by atoms with Crippen LogP contribution in [0.15, 0.2) is 36.5 Å². The van der Waals surface area contributed by atoms with Crippen LogP contribution < -0.4 is 10.1 Å². The fraction of sp³-hybridized carbons (Fsp3) is 0.222. The Morgan fingerprint density at radius 3 is 3.04 bits per heavy atom. The summed E-state index contributed by atoms with van der Waals surface area (Å²) in [6.07, 6.45) is 2.52. The minimum absolute atomic E-state index is 0.269. The fourth-order valence-corrected chi connectivity index (χ4v) is 3.79. The molecule has 0 saturated carbocycles. The Balaban J connectivity index is 1.76. The number of hydrogen-bond acceptors (Lipinski definition) is 4. The first kappa shape index (κ1) is 17.6. The van der Waals surface area contributed by atoms with Gasteiger partial charge in [-0.15, -0.1) is 11.3 Å². The van der Waals surface area contributed by atoms with Gasteiger partial charge in [-0.25, -0.2) is 9.37 Å². The van der Waals surface area contributed by atoms with Gasteiger partial charge in [-0.1, -0.05) is 24.6 Å². The van der Waals surface area contributed by atoms with E-state index in [2.05, 4.69) is 10.3 Å². The third kappa shape index (κ3) is 3.91. The summed E-state index contributed by atoms with van der Waals surface area (Å²) in [6.45, 7) is 2.84. The van der Waals surface area contributed by atoms with E-state index in [-0.39, 0.29) is 18.3 Å². The lowest BCUT2D eigenvalue weighted by Gasteiger charge is -2.10. The molecule has 7 heteroatoms. The van der Waals surface area contributed by atoms with Gasteiger partial charge in [0.1, 0.15) is 10.7 Å². The van der Waals surface area contributed by atoms with Crippen molar-refractivity contribution in [2.75, 3.05) is 6.61 Å². The number of ether oxygens (including phenoxy) is 1. The number of thiophene rings is 1. The molecule has 0 aliphatic heterocycles. The molecule has 25 heavy (non-hydrogen) atoms. The van der Waals surface area contributed by atoms with Gasteiger partial charge in [0, 0.05) is 28.4 Å². The Kier molecular flexibility index (Phi) is 5.50. The molecule has 0 atom stereocenters. The Labute approximate surface area is 153 Å². The van der Waals surface area contributed by atoms with E-state index in [0.717, 1.165) is 12.0 Å². The normalized spacial score (nSPS) is 10.8. The lowest BCUT2D eigenvalue weighted by molar-refractivity contribution is 0.0955. The summed E-state index contributed by atoms with van der Waals surface area (Å²) in [6, 6.07) is 7.92. The fourth-order valence-electron chi connectivity index (χ4n) is 2.33. The number of rotatable bonds is 6. The van der Waals surface area contributed by atoms with Gasteiger partial charge in [-0.05, 0) is 30.7 Å². The summed E-state index contributed by atoms with van der Waals surface area (Å²) >= 11 is 7.44. The molecule has 1 amide bonds. The molecule has 0 aliphatic rings. The monoisotopic (exact) mass is 378 g/mol.